The number of hydrogen-bond donors (Lipinski definition) is 2. The van der Waals surface area contributed by atoms with E-state index in [1.165, 1.54) is 0 Å². The fourth-order valence-electron chi connectivity index (χ4n) is 1.95. The summed E-state index contributed by atoms with van der Waals surface area (Å²) < 4.78 is 10.5. The second kappa shape index (κ2) is 7.50. The molecule has 2 aromatic rings. The largest absolute Gasteiger partial charge is 0.484 e. The first kappa shape index (κ1) is 15.1. The van der Waals surface area contributed by atoms with E-state index in [2.05, 4.69) is 12.2 Å². The second-order valence-electron chi connectivity index (χ2n) is 4.96. The van der Waals surface area contributed by atoms with Gasteiger partial charge in [-0.15, -0.1) is 0 Å². The zero-order valence-corrected chi connectivity index (χ0v) is 12.0. The van der Waals surface area contributed by atoms with Crippen LogP contribution >= 0.6 is 0 Å². The van der Waals surface area contributed by atoms with E-state index >= 15 is 0 Å². The Bertz CT molecular complexity index is 549. The van der Waals surface area contributed by atoms with E-state index in [9.17, 15) is 4.79 Å². The highest BCUT2D eigenvalue weighted by Gasteiger charge is 2.05. The molecular formula is C16H20N2O3. The van der Waals surface area contributed by atoms with Crippen LogP contribution in [0.15, 0.2) is 47.1 Å². The van der Waals surface area contributed by atoms with Crippen LogP contribution in [0.3, 0.4) is 0 Å². The number of primary amides is 1. The topological polar surface area (TPSA) is 77.5 Å². The molecule has 5 heteroatoms. The SMILES string of the molecule is CC(Cc1ccco1)NCc1ccc(OCC(N)=O)cc1. The van der Waals surface area contributed by atoms with Crippen molar-refractivity contribution in [2.45, 2.75) is 25.9 Å². The average molecular weight is 288 g/mol. The number of amides is 1. The molecule has 1 aromatic carbocycles. The third-order valence-electron chi connectivity index (χ3n) is 3.05. The third-order valence-corrected chi connectivity index (χ3v) is 3.05. The number of ether oxygens (including phenoxy) is 1. The average Bonchev–Trinajstić information content (AvgIpc) is 2.97. The number of carbonyl (C=O) groups excluding carboxylic acids is 1. The lowest BCUT2D eigenvalue weighted by Crippen LogP contribution is -2.27. The molecule has 1 heterocycles. The summed E-state index contributed by atoms with van der Waals surface area (Å²) in [7, 11) is 0. The Labute approximate surface area is 124 Å². The first-order valence-electron chi connectivity index (χ1n) is 6.89. The quantitative estimate of drug-likeness (QED) is 0.777. The predicted molar refractivity (Wildman–Crippen MR) is 79.8 cm³/mol. The van der Waals surface area contributed by atoms with Crippen LogP contribution in [0.1, 0.15) is 18.2 Å². The molecule has 3 N–H and O–H groups in total. The van der Waals surface area contributed by atoms with Gasteiger partial charge in [0.2, 0.25) is 0 Å². The van der Waals surface area contributed by atoms with Gasteiger partial charge in [0.15, 0.2) is 6.61 Å². The molecule has 0 saturated carbocycles. The Morgan fingerprint density at radius 3 is 2.71 bits per heavy atom. The van der Waals surface area contributed by atoms with Gasteiger partial charge in [0.05, 0.1) is 6.26 Å². The van der Waals surface area contributed by atoms with Crippen molar-refractivity contribution in [1.82, 2.24) is 5.32 Å². The van der Waals surface area contributed by atoms with Crippen molar-refractivity contribution in [2.24, 2.45) is 5.73 Å². The van der Waals surface area contributed by atoms with Gasteiger partial charge in [-0.1, -0.05) is 12.1 Å². The molecule has 0 bridgehead atoms. The molecule has 1 unspecified atom stereocenters. The van der Waals surface area contributed by atoms with Gasteiger partial charge in [-0.2, -0.15) is 0 Å². The van der Waals surface area contributed by atoms with Crippen LogP contribution < -0.4 is 15.8 Å². The summed E-state index contributed by atoms with van der Waals surface area (Å²) in [6.45, 7) is 2.78. The first-order valence-corrected chi connectivity index (χ1v) is 6.89. The molecule has 0 aliphatic rings. The minimum absolute atomic E-state index is 0.0994. The van der Waals surface area contributed by atoms with Crippen molar-refractivity contribution >= 4 is 5.91 Å². The maximum absolute atomic E-state index is 10.6. The summed E-state index contributed by atoms with van der Waals surface area (Å²) in [4.78, 5) is 10.6. The summed E-state index contributed by atoms with van der Waals surface area (Å²) in [5, 5.41) is 3.43. The van der Waals surface area contributed by atoms with Gasteiger partial charge >= 0.3 is 0 Å². The monoisotopic (exact) mass is 288 g/mol. The van der Waals surface area contributed by atoms with E-state index in [1.54, 1.807) is 6.26 Å². The normalized spacial score (nSPS) is 12.0. The van der Waals surface area contributed by atoms with E-state index in [1.807, 2.05) is 36.4 Å². The van der Waals surface area contributed by atoms with Crippen molar-refractivity contribution in [1.29, 1.82) is 0 Å². The highest BCUT2D eigenvalue weighted by Crippen LogP contribution is 2.12. The molecular weight excluding hydrogens is 268 g/mol. The molecule has 112 valence electrons. The molecule has 0 aliphatic carbocycles. The lowest BCUT2D eigenvalue weighted by Gasteiger charge is -2.12. The van der Waals surface area contributed by atoms with Crippen LogP contribution in [0.4, 0.5) is 0 Å². The Morgan fingerprint density at radius 1 is 1.33 bits per heavy atom. The van der Waals surface area contributed by atoms with Crippen molar-refractivity contribution in [2.75, 3.05) is 6.61 Å². The Balaban J connectivity index is 1.76. The summed E-state index contributed by atoms with van der Waals surface area (Å²) in [6.07, 6.45) is 2.54. The van der Waals surface area contributed by atoms with Crippen LogP contribution in [-0.2, 0) is 17.8 Å². The van der Waals surface area contributed by atoms with E-state index in [0.29, 0.717) is 11.8 Å². The van der Waals surface area contributed by atoms with Gasteiger partial charge in [-0.3, -0.25) is 4.79 Å². The second-order valence-corrected chi connectivity index (χ2v) is 4.96. The van der Waals surface area contributed by atoms with Crippen molar-refractivity contribution in [3.8, 4) is 5.75 Å². The molecule has 0 spiro atoms. The highest BCUT2D eigenvalue weighted by molar-refractivity contribution is 5.75. The standard InChI is InChI=1S/C16H20N2O3/c1-12(9-15-3-2-8-20-15)18-10-13-4-6-14(7-5-13)21-11-16(17)19/h2-8,12,18H,9-11H2,1H3,(H2,17,19). The van der Waals surface area contributed by atoms with Crippen LogP contribution in [0.25, 0.3) is 0 Å². The molecule has 1 aromatic heterocycles. The zero-order chi connectivity index (χ0) is 15.1. The molecule has 0 fully saturated rings. The van der Waals surface area contributed by atoms with Gasteiger partial charge in [-0.05, 0) is 36.8 Å². The van der Waals surface area contributed by atoms with Gasteiger partial charge in [-0.25, -0.2) is 0 Å². The molecule has 0 radical (unpaired) electrons. The van der Waals surface area contributed by atoms with Gasteiger partial charge in [0.25, 0.3) is 5.91 Å². The molecule has 1 amide bonds. The van der Waals surface area contributed by atoms with E-state index in [-0.39, 0.29) is 6.61 Å². The van der Waals surface area contributed by atoms with E-state index in [4.69, 9.17) is 14.9 Å². The molecule has 1 atom stereocenters. The van der Waals surface area contributed by atoms with Crippen LogP contribution in [-0.4, -0.2) is 18.6 Å². The fourth-order valence-corrected chi connectivity index (χ4v) is 1.95. The van der Waals surface area contributed by atoms with E-state index in [0.717, 1.165) is 24.3 Å². The van der Waals surface area contributed by atoms with Crippen molar-refractivity contribution in [3.63, 3.8) is 0 Å². The maximum Gasteiger partial charge on any atom is 0.255 e. The highest BCUT2D eigenvalue weighted by atomic mass is 16.5. The molecule has 0 aliphatic heterocycles. The number of hydrogen-bond acceptors (Lipinski definition) is 4. The molecule has 21 heavy (non-hydrogen) atoms. The summed E-state index contributed by atoms with van der Waals surface area (Å²) in [6, 6.07) is 11.8. The minimum atomic E-state index is -0.479. The number of carbonyl (C=O) groups is 1. The predicted octanol–water partition coefficient (Wildman–Crippen LogP) is 1.86. The number of rotatable bonds is 8. The maximum atomic E-state index is 10.6. The Hall–Kier alpha value is -2.27. The summed E-state index contributed by atoms with van der Waals surface area (Å²) >= 11 is 0. The number of nitrogens with two attached hydrogens (primary N) is 1. The lowest BCUT2D eigenvalue weighted by atomic mass is 10.1. The minimum Gasteiger partial charge on any atom is -0.484 e. The van der Waals surface area contributed by atoms with Crippen LogP contribution in [0.2, 0.25) is 0 Å². The van der Waals surface area contributed by atoms with Crippen LogP contribution in [0, 0.1) is 0 Å². The molecule has 2 rings (SSSR count). The van der Waals surface area contributed by atoms with Crippen molar-refractivity contribution < 1.29 is 13.9 Å². The summed E-state index contributed by atoms with van der Waals surface area (Å²) in [5.74, 6) is 1.14. The Kier molecular flexibility index (Phi) is 5.40. The smallest absolute Gasteiger partial charge is 0.255 e. The van der Waals surface area contributed by atoms with Crippen molar-refractivity contribution in [3.05, 3.63) is 54.0 Å². The first-order chi connectivity index (χ1) is 10.1. The van der Waals surface area contributed by atoms with Gasteiger partial charge in [0.1, 0.15) is 11.5 Å². The number of benzene rings is 1. The number of furan rings is 1. The lowest BCUT2D eigenvalue weighted by molar-refractivity contribution is -0.119. The third kappa shape index (κ3) is 5.31. The Morgan fingerprint density at radius 2 is 2.10 bits per heavy atom. The number of nitrogens with one attached hydrogen (secondary N) is 1. The van der Waals surface area contributed by atoms with Gasteiger partial charge in [0, 0.05) is 19.0 Å². The summed E-state index contributed by atoms with van der Waals surface area (Å²) in [5.41, 5.74) is 6.17. The molecule has 0 saturated heterocycles. The zero-order valence-electron chi connectivity index (χ0n) is 12.0. The van der Waals surface area contributed by atoms with Crippen LogP contribution in [0.5, 0.6) is 5.75 Å². The fraction of sp³-hybridized carbons (Fsp3) is 0.312. The van der Waals surface area contributed by atoms with E-state index < -0.39 is 5.91 Å². The molecule has 5 nitrogen and oxygen atoms in total. The van der Waals surface area contributed by atoms with Gasteiger partial charge < -0.3 is 20.2 Å².